The Morgan fingerprint density at radius 3 is 2.26 bits per heavy atom. The van der Waals surface area contributed by atoms with Crippen LogP contribution in [0, 0.1) is 6.92 Å². The van der Waals surface area contributed by atoms with Gasteiger partial charge in [-0.15, -0.1) is 11.8 Å². The SMILES string of the molecule is Cc1cc(C(C)(C)C)ccc1SC(COc1ccc(Cl)cc1)Cn1ccnc1.O=C(O)C(=O)O. The van der Waals surface area contributed by atoms with Crippen molar-refractivity contribution in [3.05, 3.63) is 77.3 Å². The Bertz CT molecular complexity index is 1070. The van der Waals surface area contributed by atoms with E-state index in [1.54, 1.807) is 0 Å². The average molecular weight is 505 g/mol. The maximum atomic E-state index is 9.10. The van der Waals surface area contributed by atoms with Gasteiger partial charge in [0.25, 0.3) is 0 Å². The van der Waals surface area contributed by atoms with Crippen molar-refractivity contribution in [2.45, 2.75) is 49.8 Å². The smallest absolute Gasteiger partial charge is 0.414 e. The molecule has 1 atom stereocenters. The van der Waals surface area contributed by atoms with Gasteiger partial charge in [0.05, 0.1) is 11.6 Å². The molecular formula is C25H29ClN2O5S. The van der Waals surface area contributed by atoms with Crippen molar-refractivity contribution in [1.82, 2.24) is 9.55 Å². The van der Waals surface area contributed by atoms with Crippen LogP contribution in [0.15, 0.2) is 66.1 Å². The van der Waals surface area contributed by atoms with Crippen LogP contribution in [0.2, 0.25) is 5.02 Å². The summed E-state index contributed by atoms with van der Waals surface area (Å²) in [5, 5.41) is 15.8. The molecule has 0 aliphatic heterocycles. The van der Waals surface area contributed by atoms with Crippen LogP contribution in [-0.4, -0.2) is 43.6 Å². The molecular weight excluding hydrogens is 476 g/mol. The van der Waals surface area contributed by atoms with Gasteiger partial charge in [0.2, 0.25) is 0 Å². The van der Waals surface area contributed by atoms with Gasteiger partial charge in [-0.3, -0.25) is 0 Å². The molecule has 7 nitrogen and oxygen atoms in total. The minimum Gasteiger partial charge on any atom is -0.492 e. The van der Waals surface area contributed by atoms with E-state index >= 15 is 0 Å². The largest absolute Gasteiger partial charge is 0.492 e. The second-order valence-electron chi connectivity index (χ2n) is 8.60. The molecule has 9 heteroatoms. The number of aryl methyl sites for hydroxylation is 1. The topological polar surface area (TPSA) is 102 Å². The summed E-state index contributed by atoms with van der Waals surface area (Å²) in [5.41, 5.74) is 2.82. The molecule has 3 rings (SSSR count). The number of halogens is 1. The molecule has 0 spiro atoms. The zero-order chi connectivity index (χ0) is 25.3. The molecule has 1 unspecified atom stereocenters. The van der Waals surface area contributed by atoms with E-state index in [0.717, 1.165) is 12.3 Å². The number of aromatic nitrogens is 2. The van der Waals surface area contributed by atoms with Gasteiger partial charge < -0.3 is 19.5 Å². The summed E-state index contributed by atoms with van der Waals surface area (Å²) in [6, 6.07) is 14.3. The maximum Gasteiger partial charge on any atom is 0.414 e. The Morgan fingerprint density at radius 2 is 1.76 bits per heavy atom. The van der Waals surface area contributed by atoms with Crippen LogP contribution in [0.5, 0.6) is 5.75 Å². The molecule has 0 aliphatic rings. The minimum atomic E-state index is -1.82. The van der Waals surface area contributed by atoms with Crippen LogP contribution < -0.4 is 4.74 Å². The third-order valence-corrected chi connectivity index (χ3v) is 6.32. The highest BCUT2D eigenvalue weighted by atomic mass is 35.5. The number of benzene rings is 2. The van der Waals surface area contributed by atoms with Gasteiger partial charge in [0.1, 0.15) is 12.4 Å². The van der Waals surface area contributed by atoms with Crippen molar-refractivity contribution in [3.8, 4) is 5.75 Å². The first kappa shape index (κ1) is 27.3. The Balaban J connectivity index is 0.000000604. The zero-order valence-corrected chi connectivity index (χ0v) is 21.1. The maximum absolute atomic E-state index is 9.10. The molecule has 0 saturated carbocycles. The number of carboxylic acid groups (broad SMARTS) is 2. The van der Waals surface area contributed by atoms with Gasteiger partial charge in [-0.25, -0.2) is 14.6 Å². The molecule has 2 N–H and O–H groups in total. The highest BCUT2D eigenvalue weighted by molar-refractivity contribution is 8.00. The molecule has 34 heavy (non-hydrogen) atoms. The van der Waals surface area contributed by atoms with Crippen molar-refractivity contribution in [2.24, 2.45) is 0 Å². The van der Waals surface area contributed by atoms with Gasteiger partial charge in [-0.2, -0.15) is 0 Å². The summed E-state index contributed by atoms with van der Waals surface area (Å²) in [4.78, 5) is 23.7. The normalized spacial score (nSPS) is 11.8. The molecule has 0 radical (unpaired) electrons. The third kappa shape index (κ3) is 9.11. The number of hydrogen-bond acceptors (Lipinski definition) is 5. The second-order valence-corrected chi connectivity index (χ2v) is 10.4. The lowest BCUT2D eigenvalue weighted by molar-refractivity contribution is -0.159. The predicted molar refractivity (Wildman–Crippen MR) is 134 cm³/mol. The zero-order valence-electron chi connectivity index (χ0n) is 19.6. The fraction of sp³-hybridized carbons (Fsp3) is 0.320. The number of aliphatic carboxylic acids is 2. The van der Waals surface area contributed by atoms with E-state index in [0.29, 0.717) is 11.6 Å². The van der Waals surface area contributed by atoms with Crippen LogP contribution in [0.3, 0.4) is 0 Å². The molecule has 0 amide bonds. The van der Waals surface area contributed by atoms with Gasteiger partial charge in [-0.05, 0) is 53.8 Å². The van der Waals surface area contributed by atoms with E-state index in [4.69, 9.17) is 36.1 Å². The first-order valence-corrected chi connectivity index (χ1v) is 11.8. The molecule has 2 aromatic carbocycles. The molecule has 1 aromatic heterocycles. The Hall–Kier alpha value is -2.97. The number of carbonyl (C=O) groups is 2. The summed E-state index contributed by atoms with van der Waals surface area (Å²) in [5.74, 6) is -2.81. The van der Waals surface area contributed by atoms with Gasteiger partial charge in [0.15, 0.2) is 0 Å². The van der Waals surface area contributed by atoms with E-state index < -0.39 is 11.9 Å². The van der Waals surface area contributed by atoms with E-state index in [2.05, 4.69) is 55.4 Å². The number of rotatable bonds is 7. The number of ether oxygens (including phenoxy) is 1. The molecule has 0 aliphatic carbocycles. The molecule has 0 fully saturated rings. The lowest BCUT2D eigenvalue weighted by Crippen LogP contribution is -2.20. The fourth-order valence-corrected chi connectivity index (χ4v) is 4.16. The van der Waals surface area contributed by atoms with Crippen LogP contribution in [0.25, 0.3) is 0 Å². The van der Waals surface area contributed by atoms with Crippen molar-refractivity contribution >= 4 is 35.3 Å². The monoisotopic (exact) mass is 504 g/mol. The van der Waals surface area contributed by atoms with Crippen molar-refractivity contribution < 1.29 is 24.5 Å². The van der Waals surface area contributed by atoms with Crippen LogP contribution in [0.4, 0.5) is 0 Å². The fourth-order valence-electron chi connectivity index (χ4n) is 2.90. The lowest BCUT2D eigenvalue weighted by Gasteiger charge is -2.22. The minimum absolute atomic E-state index is 0.155. The Labute approximate surface area is 208 Å². The summed E-state index contributed by atoms with van der Waals surface area (Å²) < 4.78 is 8.15. The number of thioether (sulfide) groups is 1. The highest BCUT2D eigenvalue weighted by Gasteiger charge is 2.18. The van der Waals surface area contributed by atoms with Crippen LogP contribution in [0.1, 0.15) is 31.9 Å². The van der Waals surface area contributed by atoms with Crippen LogP contribution >= 0.6 is 23.4 Å². The van der Waals surface area contributed by atoms with Crippen molar-refractivity contribution in [1.29, 1.82) is 0 Å². The van der Waals surface area contributed by atoms with E-state index in [1.807, 2.05) is 54.7 Å². The second kappa shape index (κ2) is 12.5. The Kier molecular flexibility index (Phi) is 10.0. The van der Waals surface area contributed by atoms with Gasteiger partial charge in [-0.1, -0.05) is 44.5 Å². The summed E-state index contributed by atoms with van der Waals surface area (Å²) >= 11 is 7.82. The first-order valence-electron chi connectivity index (χ1n) is 10.5. The number of imidazole rings is 1. The van der Waals surface area contributed by atoms with Gasteiger partial charge in [0, 0.05) is 28.9 Å². The summed E-state index contributed by atoms with van der Waals surface area (Å²) in [6.07, 6.45) is 5.65. The third-order valence-electron chi connectivity index (χ3n) is 4.74. The van der Waals surface area contributed by atoms with Crippen LogP contribution in [-0.2, 0) is 21.5 Å². The molecule has 0 saturated heterocycles. The quantitative estimate of drug-likeness (QED) is 0.322. The molecule has 182 valence electrons. The summed E-state index contributed by atoms with van der Waals surface area (Å²) in [7, 11) is 0. The Morgan fingerprint density at radius 1 is 1.12 bits per heavy atom. The molecule has 1 heterocycles. The van der Waals surface area contributed by atoms with Gasteiger partial charge >= 0.3 is 11.9 Å². The predicted octanol–water partition coefficient (Wildman–Crippen LogP) is 5.54. The molecule has 0 bridgehead atoms. The van der Waals surface area contributed by atoms with E-state index in [-0.39, 0.29) is 10.7 Å². The lowest BCUT2D eigenvalue weighted by atomic mass is 9.86. The summed E-state index contributed by atoms with van der Waals surface area (Å²) in [6.45, 7) is 10.4. The number of hydrogen-bond donors (Lipinski definition) is 2. The van der Waals surface area contributed by atoms with Crippen molar-refractivity contribution in [2.75, 3.05) is 6.61 Å². The highest BCUT2D eigenvalue weighted by Crippen LogP contribution is 2.32. The van der Waals surface area contributed by atoms with Crippen molar-refractivity contribution in [3.63, 3.8) is 0 Å². The molecule has 3 aromatic rings. The van der Waals surface area contributed by atoms with E-state index in [1.165, 1.54) is 16.0 Å². The average Bonchev–Trinajstić information content (AvgIpc) is 3.27. The first-order chi connectivity index (χ1) is 16.0. The standard InChI is InChI=1S/C23H27ClN2OS.C2H2O4/c1-17-13-18(23(2,3)4)5-10-22(17)28-21(14-26-12-11-25-16-26)15-27-20-8-6-19(24)7-9-20;3-1(4)2(5)6/h5-13,16,21H,14-15H2,1-4H3;(H,3,4)(H,5,6). The number of nitrogens with zero attached hydrogens (tertiary/aromatic N) is 2. The van der Waals surface area contributed by atoms with E-state index in [9.17, 15) is 0 Å². The number of carboxylic acids is 2.